The molecule has 0 aromatic heterocycles. The van der Waals surface area contributed by atoms with Crippen LogP contribution in [0.3, 0.4) is 0 Å². The molecule has 2 atom stereocenters. The highest BCUT2D eigenvalue weighted by atomic mass is 35.5. The van der Waals surface area contributed by atoms with E-state index in [9.17, 15) is 14.7 Å². The molecular weight excluding hydrogens is 414 g/mol. The van der Waals surface area contributed by atoms with Gasteiger partial charge in [0.25, 0.3) is 0 Å². The predicted molar refractivity (Wildman–Crippen MR) is 119 cm³/mol. The van der Waals surface area contributed by atoms with Crippen LogP contribution < -0.4 is 5.73 Å². The number of hydrogen-bond acceptors (Lipinski definition) is 4. The third kappa shape index (κ3) is 4.20. The maximum Gasteiger partial charge on any atom is 0.315 e. The SMILES string of the molecule is N[C@H](CC(=O)O)[C@H](C(=O)OCC1c2ccccc2-c2ccccc21)c1ccccc1Cl. The highest BCUT2D eigenvalue weighted by molar-refractivity contribution is 6.31. The summed E-state index contributed by atoms with van der Waals surface area (Å²) in [5.41, 5.74) is 11.0. The zero-order valence-corrected chi connectivity index (χ0v) is 17.5. The van der Waals surface area contributed by atoms with Crippen LogP contribution in [0.2, 0.25) is 5.02 Å². The molecule has 1 aliphatic rings. The number of carboxylic acid groups (broad SMARTS) is 1. The van der Waals surface area contributed by atoms with E-state index in [4.69, 9.17) is 22.1 Å². The molecule has 0 radical (unpaired) electrons. The molecule has 6 heteroatoms. The van der Waals surface area contributed by atoms with E-state index in [2.05, 4.69) is 12.1 Å². The second-order valence-corrected chi connectivity index (χ2v) is 8.03. The molecule has 3 aromatic rings. The lowest BCUT2D eigenvalue weighted by molar-refractivity contribution is -0.146. The molecule has 0 saturated heterocycles. The first kappa shape index (κ1) is 21.1. The van der Waals surface area contributed by atoms with E-state index in [1.807, 2.05) is 36.4 Å². The number of halogens is 1. The lowest BCUT2D eigenvalue weighted by atomic mass is 9.90. The van der Waals surface area contributed by atoms with E-state index < -0.39 is 23.9 Å². The molecule has 0 spiro atoms. The Morgan fingerprint density at radius 3 is 2.06 bits per heavy atom. The normalized spacial score (nSPS) is 14.4. The Morgan fingerprint density at radius 1 is 0.935 bits per heavy atom. The summed E-state index contributed by atoms with van der Waals surface area (Å²) < 4.78 is 5.74. The highest BCUT2D eigenvalue weighted by Crippen LogP contribution is 2.44. The first-order chi connectivity index (χ1) is 15.0. The van der Waals surface area contributed by atoms with Gasteiger partial charge >= 0.3 is 11.9 Å². The van der Waals surface area contributed by atoms with Gasteiger partial charge in [0.2, 0.25) is 0 Å². The summed E-state index contributed by atoms with van der Waals surface area (Å²) in [6, 6.07) is 21.9. The molecule has 0 aliphatic heterocycles. The molecule has 1 aliphatic carbocycles. The van der Waals surface area contributed by atoms with Crippen molar-refractivity contribution >= 4 is 23.5 Å². The molecule has 0 heterocycles. The summed E-state index contributed by atoms with van der Waals surface area (Å²) >= 11 is 6.29. The Balaban J connectivity index is 1.60. The third-order valence-corrected chi connectivity index (χ3v) is 6.03. The number of rotatable bonds is 7. The summed E-state index contributed by atoms with van der Waals surface area (Å²) in [5, 5.41) is 9.54. The maximum atomic E-state index is 13.1. The van der Waals surface area contributed by atoms with Crippen molar-refractivity contribution in [1.29, 1.82) is 0 Å². The number of carbonyl (C=O) groups excluding carboxylic acids is 1. The molecule has 31 heavy (non-hydrogen) atoms. The van der Waals surface area contributed by atoms with Crippen LogP contribution >= 0.6 is 11.6 Å². The molecule has 4 rings (SSSR count). The fourth-order valence-electron chi connectivity index (χ4n) is 4.27. The zero-order valence-electron chi connectivity index (χ0n) is 16.7. The molecule has 158 valence electrons. The Kier molecular flexibility index (Phi) is 6.07. The smallest absolute Gasteiger partial charge is 0.315 e. The zero-order chi connectivity index (χ0) is 22.0. The summed E-state index contributed by atoms with van der Waals surface area (Å²) in [6.45, 7) is 0.133. The largest absolute Gasteiger partial charge is 0.481 e. The lowest BCUT2D eigenvalue weighted by Gasteiger charge is -2.24. The van der Waals surface area contributed by atoms with E-state index in [-0.39, 0.29) is 18.9 Å². The molecule has 0 amide bonds. The van der Waals surface area contributed by atoms with Crippen molar-refractivity contribution in [2.24, 2.45) is 5.73 Å². The fraction of sp³-hybridized carbons (Fsp3) is 0.200. The summed E-state index contributed by atoms with van der Waals surface area (Å²) in [6.07, 6.45) is -0.375. The van der Waals surface area contributed by atoms with Gasteiger partial charge in [0.15, 0.2) is 0 Å². The molecule has 0 fully saturated rings. The number of nitrogens with two attached hydrogens (primary N) is 1. The van der Waals surface area contributed by atoms with Gasteiger partial charge in [0.05, 0.1) is 12.3 Å². The average molecular weight is 436 g/mol. The Hall–Kier alpha value is -3.15. The van der Waals surface area contributed by atoms with Crippen LogP contribution in [0.15, 0.2) is 72.8 Å². The molecule has 3 N–H and O–H groups in total. The van der Waals surface area contributed by atoms with E-state index in [0.29, 0.717) is 10.6 Å². The second kappa shape index (κ2) is 8.92. The van der Waals surface area contributed by atoms with Crippen molar-refractivity contribution in [2.75, 3.05) is 6.61 Å². The predicted octanol–water partition coefficient (Wildman–Crippen LogP) is 4.58. The standard InChI is InChI=1S/C25H22ClNO4/c26-21-12-6-5-11-19(21)24(22(27)13-23(28)29)25(30)31-14-20-17-9-3-1-7-15(17)16-8-2-4-10-18(16)20/h1-12,20,22,24H,13-14,27H2,(H,28,29)/t22-,24-/m1/s1. The van der Waals surface area contributed by atoms with Gasteiger partial charge in [-0.25, -0.2) is 0 Å². The third-order valence-electron chi connectivity index (χ3n) is 5.69. The topological polar surface area (TPSA) is 89.6 Å². The highest BCUT2D eigenvalue weighted by Gasteiger charge is 2.34. The van der Waals surface area contributed by atoms with Crippen molar-refractivity contribution in [3.05, 3.63) is 94.5 Å². The number of hydrogen-bond donors (Lipinski definition) is 2. The average Bonchev–Trinajstić information content (AvgIpc) is 3.07. The summed E-state index contributed by atoms with van der Waals surface area (Å²) in [4.78, 5) is 24.4. The fourth-order valence-corrected chi connectivity index (χ4v) is 4.53. The summed E-state index contributed by atoms with van der Waals surface area (Å²) in [5.74, 6) is -2.74. The van der Waals surface area contributed by atoms with Gasteiger partial charge in [-0.2, -0.15) is 0 Å². The van der Waals surface area contributed by atoms with Crippen LogP contribution in [0.1, 0.15) is 34.9 Å². The van der Waals surface area contributed by atoms with Crippen LogP contribution in [0.4, 0.5) is 0 Å². The first-order valence-corrected chi connectivity index (χ1v) is 10.4. The molecule has 3 aromatic carbocycles. The van der Waals surface area contributed by atoms with Gasteiger partial charge in [-0.1, -0.05) is 78.3 Å². The van der Waals surface area contributed by atoms with E-state index >= 15 is 0 Å². The van der Waals surface area contributed by atoms with Gasteiger partial charge < -0.3 is 15.6 Å². The Bertz CT molecular complexity index is 1080. The minimum Gasteiger partial charge on any atom is -0.481 e. The minimum absolute atomic E-state index is 0.0982. The molecule has 0 saturated carbocycles. The maximum absolute atomic E-state index is 13.1. The van der Waals surface area contributed by atoms with E-state index in [0.717, 1.165) is 22.3 Å². The number of ether oxygens (including phenoxy) is 1. The number of carboxylic acids is 1. The first-order valence-electron chi connectivity index (χ1n) is 10.0. The Morgan fingerprint density at radius 2 is 1.48 bits per heavy atom. The van der Waals surface area contributed by atoms with Crippen molar-refractivity contribution in [2.45, 2.75) is 24.3 Å². The quantitative estimate of drug-likeness (QED) is 0.530. The van der Waals surface area contributed by atoms with Gasteiger partial charge in [0, 0.05) is 17.0 Å². The molecular formula is C25H22ClNO4. The van der Waals surface area contributed by atoms with Crippen molar-refractivity contribution in [3.63, 3.8) is 0 Å². The van der Waals surface area contributed by atoms with Crippen molar-refractivity contribution < 1.29 is 19.4 Å². The minimum atomic E-state index is -1.09. The number of esters is 1. The monoisotopic (exact) mass is 435 g/mol. The van der Waals surface area contributed by atoms with Crippen molar-refractivity contribution in [1.82, 2.24) is 0 Å². The van der Waals surface area contributed by atoms with Crippen LogP contribution in [-0.4, -0.2) is 29.7 Å². The number of fused-ring (bicyclic) bond motifs is 3. The van der Waals surface area contributed by atoms with Gasteiger partial charge in [0.1, 0.15) is 6.61 Å². The van der Waals surface area contributed by atoms with Crippen LogP contribution in [-0.2, 0) is 14.3 Å². The lowest BCUT2D eigenvalue weighted by Crippen LogP contribution is -2.37. The summed E-state index contributed by atoms with van der Waals surface area (Å²) in [7, 11) is 0. The number of aliphatic carboxylic acids is 1. The van der Waals surface area contributed by atoms with Crippen LogP contribution in [0, 0.1) is 0 Å². The number of carbonyl (C=O) groups is 2. The van der Waals surface area contributed by atoms with Gasteiger partial charge in [-0.3, -0.25) is 9.59 Å². The van der Waals surface area contributed by atoms with Crippen molar-refractivity contribution in [3.8, 4) is 11.1 Å². The number of benzene rings is 3. The molecule has 0 bridgehead atoms. The molecule has 5 nitrogen and oxygen atoms in total. The van der Waals surface area contributed by atoms with Gasteiger partial charge in [-0.05, 0) is 33.9 Å². The van der Waals surface area contributed by atoms with Gasteiger partial charge in [-0.15, -0.1) is 0 Å². The second-order valence-electron chi connectivity index (χ2n) is 7.62. The Labute approximate surface area is 185 Å². The van der Waals surface area contributed by atoms with Crippen LogP contribution in [0.25, 0.3) is 11.1 Å². The van der Waals surface area contributed by atoms with E-state index in [1.165, 1.54) is 0 Å². The van der Waals surface area contributed by atoms with Crippen LogP contribution in [0.5, 0.6) is 0 Å². The molecule has 0 unspecified atom stereocenters. The van der Waals surface area contributed by atoms with E-state index in [1.54, 1.807) is 24.3 Å².